The van der Waals surface area contributed by atoms with Crippen molar-refractivity contribution in [3.05, 3.63) is 29.6 Å². The fraction of sp³-hybridized carbons (Fsp3) is 0.364. The van der Waals surface area contributed by atoms with Crippen LogP contribution in [0.1, 0.15) is 18.0 Å². The Bertz CT molecular complexity index is 420. The first-order valence-corrected chi connectivity index (χ1v) is 6.27. The van der Waals surface area contributed by atoms with Gasteiger partial charge in [0.1, 0.15) is 11.7 Å². The van der Waals surface area contributed by atoms with Gasteiger partial charge in [0.25, 0.3) is 0 Å². The Morgan fingerprint density at radius 2 is 2.19 bits per heavy atom. The topological polar surface area (TPSA) is 64.4 Å². The highest BCUT2D eigenvalue weighted by molar-refractivity contribution is 7.99. The molecular formula is C11H14FN3S. The van der Waals surface area contributed by atoms with Gasteiger partial charge in [-0.15, -0.1) is 0 Å². The second-order valence-corrected chi connectivity index (χ2v) is 4.86. The molecule has 0 aliphatic carbocycles. The van der Waals surface area contributed by atoms with Crippen LogP contribution in [0.25, 0.3) is 0 Å². The predicted molar refractivity (Wildman–Crippen MR) is 67.1 cm³/mol. The summed E-state index contributed by atoms with van der Waals surface area (Å²) >= 11 is 1.72. The van der Waals surface area contributed by atoms with Crippen LogP contribution < -0.4 is 11.5 Å². The van der Waals surface area contributed by atoms with Crippen molar-refractivity contribution >= 4 is 23.3 Å². The number of nitrogens with two attached hydrogens (primary N) is 2. The molecule has 86 valence electrons. The number of nitrogen functional groups attached to an aromatic ring is 1. The molecule has 0 spiro atoms. The number of nitrogens with zero attached hydrogens (tertiary/aromatic N) is 1. The van der Waals surface area contributed by atoms with Gasteiger partial charge in [0.2, 0.25) is 0 Å². The van der Waals surface area contributed by atoms with E-state index in [0.717, 1.165) is 17.9 Å². The van der Waals surface area contributed by atoms with Gasteiger partial charge in [-0.25, -0.2) is 4.39 Å². The summed E-state index contributed by atoms with van der Waals surface area (Å²) in [6.07, 6.45) is 0.797. The van der Waals surface area contributed by atoms with Gasteiger partial charge >= 0.3 is 0 Å². The molecule has 5 heteroatoms. The lowest BCUT2D eigenvalue weighted by Crippen LogP contribution is -2.15. The third-order valence-electron chi connectivity index (χ3n) is 2.49. The second-order valence-electron chi connectivity index (χ2n) is 3.76. The molecule has 1 aliphatic rings. The highest BCUT2D eigenvalue weighted by Gasteiger charge is 2.18. The van der Waals surface area contributed by atoms with Gasteiger partial charge in [0.15, 0.2) is 0 Å². The third-order valence-corrected chi connectivity index (χ3v) is 3.51. The number of benzene rings is 1. The molecule has 0 bridgehead atoms. The van der Waals surface area contributed by atoms with Crippen LogP contribution in [-0.2, 0) is 0 Å². The maximum atomic E-state index is 13.6. The van der Waals surface area contributed by atoms with E-state index in [2.05, 4.69) is 4.99 Å². The van der Waals surface area contributed by atoms with Crippen LogP contribution in [0.3, 0.4) is 0 Å². The molecule has 1 atom stereocenters. The van der Waals surface area contributed by atoms with Crippen molar-refractivity contribution in [2.24, 2.45) is 10.7 Å². The summed E-state index contributed by atoms with van der Waals surface area (Å²) in [5, 5.41) is 0. The van der Waals surface area contributed by atoms with Crippen molar-refractivity contribution in [1.82, 2.24) is 0 Å². The molecule has 1 unspecified atom stereocenters. The summed E-state index contributed by atoms with van der Waals surface area (Å²) in [7, 11) is 0. The minimum atomic E-state index is -0.261. The SMILES string of the molecule is NC1=NC(c2cc(N)ccc2F)CCSC1. The van der Waals surface area contributed by atoms with Crippen LogP contribution in [-0.4, -0.2) is 17.3 Å². The van der Waals surface area contributed by atoms with Crippen LogP contribution in [0.15, 0.2) is 23.2 Å². The summed E-state index contributed by atoms with van der Waals surface area (Å²) < 4.78 is 13.6. The summed E-state index contributed by atoms with van der Waals surface area (Å²) in [5.74, 6) is 1.97. The van der Waals surface area contributed by atoms with E-state index in [4.69, 9.17) is 11.5 Å². The summed E-state index contributed by atoms with van der Waals surface area (Å²) in [6, 6.07) is 4.39. The Balaban J connectivity index is 2.34. The fourth-order valence-electron chi connectivity index (χ4n) is 1.72. The summed E-state index contributed by atoms with van der Waals surface area (Å²) in [4.78, 5) is 4.33. The smallest absolute Gasteiger partial charge is 0.128 e. The molecule has 0 saturated heterocycles. The van der Waals surface area contributed by atoms with Crippen molar-refractivity contribution in [3.63, 3.8) is 0 Å². The molecule has 2 rings (SSSR count). The first kappa shape index (κ1) is 11.3. The van der Waals surface area contributed by atoms with Gasteiger partial charge in [-0.3, -0.25) is 4.99 Å². The molecule has 0 aromatic heterocycles. The Morgan fingerprint density at radius 1 is 1.38 bits per heavy atom. The second kappa shape index (κ2) is 4.74. The molecule has 0 radical (unpaired) electrons. The average Bonchev–Trinajstić information content (AvgIpc) is 2.46. The Hall–Kier alpha value is -1.23. The molecule has 0 amide bonds. The maximum absolute atomic E-state index is 13.6. The van der Waals surface area contributed by atoms with Crippen molar-refractivity contribution < 1.29 is 4.39 Å². The first-order valence-electron chi connectivity index (χ1n) is 5.11. The number of halogens is 1. The summed E-state index contributed by atoms with van der Waals surface area (Å²) in [6.45, 7) is 0. The van der Waals surface area contributed by atoms with Crippen molar-refractivity contribution in [3.8, 4) is 0 Å². The van der Waals surface area contributed by atoms with Crippen molar-refractivity contribution in [2.45, 2.75) is 12.5 Å². The molecule has 1 aromatic carbocycles. The quantitative estimate of drug-likeness (QED) is 0.736. The minimum Gasteiger partial charge on any atom is -0.399 e. The number of thioether (sulfide) groups is 1. The van der Waals surface area contributed by atoms with Gasteiger partial charge in [0, 0.05) is 11.3 Å². The van der Waals surface area contributed by atoms with Gasteiger partial charge in [-0.1, -0.05) is 0 Å². The van der Waals surface area contributed by atoms with E-state index in [1.165, 1.54) is 6.07 Å². The lowest BCUT2D eigenvalue weighted by atomic mass is 10.0. The molecular weight excluding hydrogens is 225 g/mol. The van der Waals surface area contributed by atoms with Crippen molar-refractivity contribution in [2.75, 3.05) is 17.2 Å². The molecule has 3 nitrogen and oxygen atoms in total. The van der Waals surface area contributed by atoms with Crippen LogP contribution >= 0.6 is 11.8 Å². The van der Waals surface area contributed by atoms with E-state index in [1.807, 2.05) is 0 Å². The zero-order valence-corrected chi connectivity index (χ0v) is 9.64. The molecule has 1 aromatic rings. The van der Waals surface area contributed by atoms with Crippen LogP contribution in [0.4, 0.5) is 10.1 Å². The van der Waals surface area contributed by atoms with Crippen LogP contribution in [0.5, 0.6) is 0 Å². The lowest BCUT2D eigenvalue weighted by molar-refractivity contribution is 0.579. The largest absolute Gasteiger partial charge is 0.399 e. The average molecular weight is 239 g/mol. The van der Waals surface area contributed by atoms with Crippen molar-refractivity contribution in [1.29, 1.82) is 0 Å². The first-order chi connectivity index (χ1) is 7.66. The Labute approximate surface area is 98.1 Å². The number of rotatable bonds is 1. The van der Waals surface area contributed by atoms with Gasteiger partial charge in [-0.05, 0) is 30.4 Å². The van der Waals surface area contributed by atoms with Gasteiger partial charge < -0.3 is 11.5 Å². The van der Waals surface area contributed by atoms with E-state index >= 15 is 0 Å². The summed E-state index contributed by atoms with van der Waals surface area (Å²) in [5.41, 5.74) is 12.5. The molecule has 16 heavy (non-hydrogen) atoms. The Morgan fingerprint density at radius 3 is 3.00 bits per heavy atom. The maximum Gasteiger partial charge on any atom is 0.128 e. The fourth-order valence-corrected chi connectivity index (χ4v) is 2.53. The minimum absolute atomic E-state index is 0.196. The highest BCUT2D eigenvalue weighted by atomic mass is 32.2. The van der Waals surface area contributed by atoms with Crippen LogP contribution in [0, 0.1) is 5.82 Å². The molecule has 0 fully saturated rings. The van der Waals surface area contributed by atoms with E-state index in [1.54, 1.807) is 23.9 Å². The molecule has 4 N–H and O–H groups in total. The normalized spacial score (nSPS) is 21.3. The number of hydrogen-bond acceptors (Lipinski definition) is 4. The Kier molecular flexibility index (Phi) is 3.33. The molecule has 1 heterocycles. The van der Waals surface area contributed by atoms with Gasteiger partial charge in [-0.2, -0.15) is 11.8 Å². The van der Waals surface area contributed by atoms with Gasteiger partial charge in [0.05, 0.1) is 11.8 Å². The molecule has 1 aliphatic heterocycles. The predicted octanol–water partition coefficient (Wildman–Crippen LogP) is 1.94. The third kappa shape index (κ3) is 2.47. The zero-order chi connectivity index (χ0) is 11.5. The van der Waals surface area contributed by atoms with E-state index in [-0.39, 0.29) is 11.9 Å². The number of anilines is 1. The lowest BCUT2D eigenvalue weighted by Gasteiger charge is -2.12. The molecule has 0 saturated carbocycles. The number of aliphatic imine (C=N–C) groups is 1. The monoisotopic (exact) mass is 239 g/mol. The van der Waals surface area contributed by atoms with E-state index in [0.29, 0.717) is 17.1 Å². The standard InChI is InChI=1S/C11H14FN3S/c12-9-2-1-7(13)5-8(9)10-3-4-16-6-11(14)15-10/h1-2,5,10H,3-4,6,13H2,(H2,14,15). The number of hydrogen-bond donors (Lipinski definition) is 2. The van der Waals surface area contributed by atoms with Crippen LogP contribution in [0.2, 0.25) is 0 Å². The van der Waals surface area contributed by atoms with E-state index in [9.17, 15) is 4.39 Å². The van der Waals surface area contributed by atoms with E-state index < -0.39 is 0 Å². The highest BCUT2D eigenvalue weighted by Crippen LogP contribution is 2.29. The zero-order valence-electron chi connectivity index (χ0n) is 8.82. The number of amidine groups is 1.